The Hall–Kier alpha value is -1.34. The van der Waals surface area contributed by atoms with Crippen LogP contribution in [0.25, 0.3) is 0 Å². The Morgan fingerprint density at radius 1 is 1.33 bits per heavy atom. The third-order valence-corrected chi connectivity index (χ3v) is 5.13. The molecule has 2 rings (SSSR count). The van der Waals surface area contributed by atoms with E-state index in [9.17, 15) is 14.7 Å². The van der Waals surface area contributed by atoms with Gasteiger partial charge in [-0.25, -0.2) is 4.79 Å². The lowest BCUT2D eigenvalue weighted by Gasteiger charge is -2.43. The highest BCUT2D eigenvalue weighted by atomic mass is 16.4. The zero-order valence-corrected chi connectivity index (χ0v) is 15.0. The zero-order valence-electron chi connectivity index (χ0n) is 15.0. The molecule has 1 unspecified atom stereocenters. The number of amides is 2. The van der Waals surface area contributed by atoms with Crippen LogP contribution in [0.5, 0.6) is 0 Å². The van der Waals surface area contributed by atoms with Crippen LogP contribution in [-0.2, 0) is 4.79 Å². The molecule has 0 spiro atoms. The fourth-order valence-electron chi connectivity index (χ4n) is 3.82. The van der Waals surface area contributed by atoms with Crippen molar-refractivity contribution in [2.24, 2.45) is 5.41 Å². The molecule has 0 radical (unpaired) electrons. The van der Waals surface area contributed by atoms with Crippen LogP contribution in [-0.4, -0.2) is 76.4 Å². The van der Waals surface area contributed by atoms with Crippen LogP contribution < -0.4 is 5.32 Å². The van der Waals surface area contributed by atoms with Crippen molar-refractivity contribution >= 4 is 12.0 Å². The molecule has 2 aliphatic rings. The van der Waals surface area contributed by atoms with E-state index in [1.807, 2.05) is 11.8 Å². The fraction of sp³-hybridized carbons (Fsp3) is 0.882. The lowest BCUT2D eigenvalue weighted by atomic mass is 9.85. The number of nitrogens with zero attached hydrogens (tertiary/aromatic N) is 2. The van der Waals surface area contributed by atoms with Gasteiger partial charge >= 0.3 is 12.0 Å². The number of hydrogen-bond acceptors (Lipinski definition) is 4. The number of aliphatic hydroxyl groups is 1. The number of aliphatic hydroxyl groups excluding tert-OH is 1. The Kier molecular flexibility index (Phi) is 6.09. The maximum Gasteiger partial charge on any atom is 0.317 e. The van der Waals surface area contributed by atoms with Gasteiger partial charge in [0.25, 0.3) is 0 Å². The zero-order chi connectivity index (χ0) is 17.9. The van der Waals surface area contributed by atoms with E-state index in [0.717, 1.165) is 12.8 Å². The van der Waals surface area contributed by atoms with Gasteiger partial charge in [-0.2, -0.15) is 0 Å². The van der Waals surface area contributed by atoms with Crippen LogP contribution in [0, 0.1) is 5.41 Å². The predicted molar refractivity (Wildman–Crippen MR) is 90.8 cm³/mol. The van der Waals surface area contributed by atoms with E-state index in [1.165, 1.54) is 0 Å². The second-order valence-corrected chi connectivity index (χ2v) is 7.96. The Morgan fingerprint density at radius 2 is 2.00 bits per heavy atom. The summed E-state index contributed by atoms with van der Waals surface area (Å²) in [7, 11) is 0. The van der Waals surface area contributed by atoms with E-state index in [2.05, 4.69) is 19.2 Å². The minimum absolute atomic E-state index is 0.0556. The van der Waals surface area contributed by atoms with Crippen molar-refractivity contribution in [3.63, 3.8) is 0 Å². The van der Waals surface area contributed by atoms with E-state index in [1.54, 1.807) is 4.90 Å². The van der Waals surface area contributed by atoms with Gasteiger partial charge in [0.2, 0.25) is 0 Å². The molecule has 24 heavy (non-hydrogen) atoms. The molecule has 7 nitrogen and oxygen atoms in total. The summed E-state index contributed by atoms with van der Waals surface area (Å²) in [5.74, 6) is -0.810. The molecule has 1 aliphatic heterocycles. The molecule has 2 fully saturated rings. The molecule has 1 saturated carbocycles. The van der Waals surface area contributed by atoms with Crippen LogP contribution in [0.15, 0.2) is 0 Å². The van der Waals surface area contributed by atoms with Gasteiger partial charge in [-0.1, -0.05) is 20.8 Å². The predicted octanol–water partition coefficient (Wildman–Crippen LogP) is 1.12. The van der Waals surface area contributed by atoms with Gasteiger partial charge < -0.3 is 20.4 Å². The monoisotopic (exact) mass is 341 g/mol. The third kappa shape index (κ3) is 5.08. The number of carboxylic acid groups (broad SMARTS) is 1. The summed E-state index contributed by atoms with van der Waals surface area (Å²) >= 11 is 0. The number of likely N-dealkylation sites (tertiary alicyclic amines) is 1. The topological polar surface area (TPSA) is 93.1 Å². The maximum absolute atomic E-state index is 12.5. The summed E-state index contributed by atoms with van der Waals surface area (Å²) in [5.41, 5.74) is -0.0874. The largest absolute Gasteiger partial charge is 0.480 e. The number of hydrogen-bond donors (Lipinski definition) is 3. The van der Waals surface area contributed by atoms with Gasteiger partial charge in [0.05, 0.1) is 12.6 Å². The molecule has 0 bridgehead atoms. The molecular formula is C17H31N3O4. The quantitative estimate of drug-likeness (QED) is 0.697. The van der Waals surface area contributed by atoms with Crippen LogP contribution in [0.4, 0.5) is 4.79 Å². The van der Waals surface area contributed by atoms with E-state index in [0.29, 0.717) is 32.5 Å². The average molecular weight is 341 g/mol. The summed E-state index contributed by atoms with van der Waals surface area (Å²) in [6, 6.07) is 0.280. The summed E-state index contributed by atoms with van der Waals surface area (Å²) in [4.78, 5) is 27.1. The molecule has 2 amide bonds. The molecule has 0 aromatic heterocycles. The SMILES string of the molecule is CCN(CC(=O)O)C1CC(NC(=O)N2CCC(O)CC(C)(C)C2)C1. The highest BCUT2D eigenvalue weighted by molar-refractivity contribution is 5.74. The molecule has 1 atom stereocenters. The first-order valence-corrected chi connectivity index (χ1v) is 8.89. The highest BCUT2D eigenvalue weighted by Crippen LogP contribution is 2.29. The first-order valence-electron chi connectivity index (χ1n) is 8.89. The number of carbonyl (C=O) groups excluding carboxylic acids is 1. The summed E-state index contributed by atoms with van der Waals surface area (Å²) < 4.78 is 0. The molecule has 3 N–H and O–H groups in total. The van der Waals surface area contributed by atoms with Crippen molar-refractivity contribution in [1.29, 1.82) is 0 Å². The number of rotatable bonds is 5. The molecular weight excluding hydrogens is 310 g/mol. The Morgan fingerprint density at radius 3 is 2.58 bits per heavy atom. The second-order valence-electron chi connectivity index (χ2n) is 7.96. The van der Waals surface area contributed by atoms with Crippen LogP contribution >= 0.6 is 0 Å². The third-order valence-electron chi connectivity index (χ3n) is 5.13. The standard InChI is InChI=1S/C17H31N3O4/c1-4-19(10-15(22)23)13-7-12(8-13)18-16(24)20-6-5-14(21)9-17(2,3)11-20/h12-14,21H,4-11H2,1-3H3,(H,18,24)(H,22,23). The normalized spacial score (nSPS) is 29.7. The summed E-state index contributed by atoms with van der Waals surface area (Å²) in [6.45, 7) is 8.09. The van der Waals surface area contributed by atoms with E-state index in [4.69, 9.17) is 5.11 Å². The van der Waals surface area contributed by atoms with E-state index in [-0.39, 0.29) is 36.2 Å². The number of nitrogens with one attached hydrogen (secondary N) is 1. The first kappa shape index (κ1) is 19.0. The van der Waals surface area contributed by atoms with Gasteiger partial charge in [-0.05, 0) is 37.6 Å². The fourth-order valence-corrected chi connectivity index (χ4v) is 3.82. The van der Waals surface area contributed by atoms with Crippen LogP contribution in [0.2, 0.25) is 0 Å². The smallest absolute Gasteiger partial charge is 0.317 e. The molecule has 7 heteroatoms. The first-order chi connectivity index (χ1) is 11.2. The molecule has 1 aliphatic carbocycles. The maximum atomic E-state index is 12.5. The minimum atomic E-state index is -0.810. The van der Waals surface area contributed by atoms with E-state index < -0.39 is 5.97 Å². The van der Waals surface area contributed by atoms with Crippen molar-refractivity contribution in [3.05, 3.63) is 0 Å². The Balaban J connectivity index is 1.80. The minimum Gasteiger partial charge on any atom is -0.480 e. The van der Waals surface area contributed by atoms with Crippen LogP contribution in [0.1, 0.15) is 46.5 Å². The van der Waals surface area contributed by atoms with Crippen LogP contribution in [0.3, 0.4) is 0 Å². The number of carbonyl (C=O) groups is 2. The second kappa shape index (κ2) is 7.70. The molecule has 0 aromatic carbocycles. The lowest BCUT2D eigenvalue weighted by Crippen LogP contribution is -2.57. The lowest BCUT2D eigenvalue weighted by molar-refractivity contribution is -0.139. The molecule has 1 saturated heterocycles. The average Bonchev–Trinajstić information content (AvgIpc) is 2.57. The van der Waals surface area contributed by atoms with Crippen molar-refractivity contribution < 1.29 is 19.8 Å². The van der Waals surface area contributed by atoms with Gasteiger partial charge in [-0.3, -0.25) is 9.69 Å². The summed E-state index contributed by atoms with van der Waals surface area (Å²) in [6.07, 6.45) is 2.58. The van der Waals surface area contributed by atoms with Crippen molar-refractivity contribution in [3.8, 4) is 0 Å². The molecule has 138 valence electrons. The molecule has 0 aromatic rings. The van der Waals surface area contributed by atoms with E-state index >= 15 is 0 Å². The number of urea groups is 1. The van der Waals surface area contributed by atoms with Crippen molar-refractivity contribution in [2.45, 2.75) is 64.6 Å². The summed E-state index contributed by atoms with van der Waals surface area (Å²) in [5, 5.41) is 21.9. The van der Waals surface area contributed by atoms with Gasteiger partial charge in [-0.15, -0.1) is 0 Å². The highest BCUT2D eigenvalue weighted by Gasteiger charge is 2.37. The number of likely N-dealkylation sites (N-methyl/N-ethyl adjacent to an activating group) is 1. The molecule has 1 heterocycles. The van der Waals surface area contributed by atoms with Crippen molar-refractivity contribution in [2.75, 3.05) is 26.2 Å². The van der Waals surface area contributed by atoms with Crippen molar-refractivity contribution in [1.82, 2.24) is 15.1 Å². The van der Waals surface area contributed by atoms with Gasteiger partial charge in [0, 0.05) is 25.2 Å². The van der Waals surface area contributed by atoms with Gasteiger partial charge in [0.15, 0.2) is 0 Å². The Bertz CT molecular complexity index is 463. The number of carboxylic acids is 1. The van der Waals surface area contributed by atoms with Gasteiger partial charge in [0.1, 0.15) is 0 Å². The number of aliphatic carboxylic acids is 1. The Labute approximate surface area is 144 Å².